The van der Waals surface area contributed by atoms with E-state index in [2.05, 4.69) is 10.2 Å². The molecule has 0 amide bonds. The van der Waals surface area contributed by atoms with Crippen LogP contribution in [0.3, 0.4) is 0 Å². The number of aromatic carboxylic acids is 1. The molecular weight excluding hydrogens is 430 g/mol. The molecule has 0 saturated carbocycles. The van der Waals surface area contributed by atoms with Gasteiger partial charge in [-0.15, -0.1) is 0 Å². The first-order chi connectivity index (χ1) is 15.7. The number of carboxylic acid groups (broad SMARTS) is 1. The van der Waals surface area contributed by atoms with Crippen molar-refractivity contribution in [3.05, 3.63) is 58.1 Å². The molecule has 2 aliphatic heterocycles. The van der Waals surface area contributed by atoms with Crippen molar-refractivity contribution < 1.29 is 28.2 Å². The fourth-order valence-electron chi connectivity index (χ4n) is 5.04. The maximum absolute atomic E-state index is 14.9. The number of benzene rings is 2. The summed E-state index contributed by atoms with van der Waals surface area (Å²) in [5, 5.41) is 12.1. The highest BCUT2D eigenvalue weighted by Crippen LogP contribution is 2.47. The van der Waals surface area contributed by atoms with E-state index in [0.717, 1.165) is 17.5 Å². The maximum Gasteiger partial charge on any atom is 0.335 e. The van der Waals surface area contributed by atoms with Crippen LogP contribution < -0.4 is 10.1 Å². The minimum atomic E-state index is -2.98. The third-order valence-corrected chi connectivity index (χ3v) is 6.64. The lowest BCUT2D eigenvalue weighted by atomic mass is 9.90. The molecular formula is C25H30F2N2O4. The van der Waals surface area contributed by atoms with Crippen molar-refractivity contribution in [2.75, 3.05) is 32.1 Å². The quantitative estimate of drug-likeness (QED) is 0.609. The van der Waals surface area contributed by atoms with Crippen LogP contribution in [0.5, 0.6) is 5.75 Å². The predicted octanol–water partition coefficient (Wildman–Crippen LogP) is 4.96. The van der Waals surface area contributed by atoms with Crippen LogP contribution in [0.15, 0.2) is 30.3 Å². The van der Waals surface area contributed by atoms with E-state index in [1.807, 2.05) is 25.1 Å². The molecule has 0 radical (unpaired) electrons. The number of carbonyl (C=O) groups is 1. The van der Waals surface area contributed by atoms with E-state index in [-0.39, 0.29) is 23.3 Å². The van der Waals surface area contributed by atoms with Crippen molar-refractivity contribution in [2.24, 2.45) is 0 Å². The van der Waals surface area contributed by atoms with Crippen LogP contribution in [0.25, 0.3) is 0 Å². The third-order valence-electron chi connectivity index (χ3n) is 6.64. The van der Waals surface area contributed by atoms with E-state index in [4.69, 9.17) is 9.47 Å². The first kappa shape index (κ1) is 23.4. The van der Waals surface area contributed by atoms with Gasteiger partial charge in [-0.1, -0.05) is 12.1 Å². The van der Waals surface area contributed by atoms with Gasteiger partial charge < -0.3 is 19.9 Å². The van der Waals surface area contributed by atoms with Crippen LogP contribution in [0.2, 0.25) is 0 Å². The van der Waals surface area contributed by atoms with Crippen LogP contribution in [0, 0.1) is 6.92 Å². The molecule has 2 N–H and O–H groups in total. The molecule has 178 valence electrons. The lowest BCUT2D eigenvalue weighted by Gasteiger charge is -2.40. The van der Waals surface area contributed by atoms with E-state index in [0.29, 0.717) is 43.1 Å². The summed E-state index contributed by atoms with van der Waals surface area (Å²) in [6.45, 7) is 4.91. The number of methoxy groups -OCH3 is 1. The number of fused-ring (bicyclic) bond motifs is 1. The van der Waals surface area contributed by atoms with Crippen molar-refractivity contribution in [2.45, 2.75) is 51.3 Å². The lowest BCUT2D eigenvalue weighted by Crippen LogP contribution is -2.40. The van der Waals surface area contributed by atoms with Gasteiger partial charge in [-0.25, -0.2) is 4.79 Å². The van der Waals surface area contributed by atoms with Gasteiger partial charge in [0.1, 0.15) is 5.75 Å². The number of piperidine rings is 1. The fourth-order valence-corrected chi connectivity index (χ4v) is 5.04. The Bertz CT molecular complexity index is 1030. The van der Waals surface area contributed by atoms with E-state index in [9.17, 15) is 18.7 Å². The number of hydrogen-bond donors (Lipinski definition) is 2. The Kier molecular flexibility index (Phi) is 6.59. The highest BCUT2D eigenvalue weighted by molar-refractivity contribution is 5.87. The Morgan fingerprint density at radius 1 is 1.30 bits per heavy atom. The number of alkyl halides is 2. The lowest BCUT2D eigenvalue weighted by molar-refractivity contribution is -0.0156. The average Bonchev–Trinajstić information content (AvgIpc) is 3.12. The van der Waals surface area contributed by atoms with Crippen LogP contribution in [-0.2, 0) is 17.2 Å². The largest absolute Gasteiger partial charge is 0.496 e. The Morgan fingerprint density at radius 2 is 2.03 bits per heavy atom. The predicted molar refractivity (Wildman–Crippen MR) is 121 cm³/mol. The van der Waals surface area contributed by atoms with Crippen molar-refractivity contribution in [3.63, 3.8) is 0 Å². The van der Waals surface area contributed by atoms with Gasteiger partial charge in [-0.05, 0) is 56.0 Å². The molecule has 2 heterocycles. The number of anilines is 1. The molecule has 1 saturated heterocycles. The van der Waals surface area contributed by atoms with Crippen LogP contribution in [0.4, 0.5) is 14.5 Å². The first-order valence-corrected chi connectivity index (χ1v) is 11.3. The van der Waals surface area contributed by atoms with Gasteiger partial charge in [0.15, 0.2) is 0 Å². The molecule has 2 atom stereocenters. The molecule has 1 fully saturated rings. The summed E-state index contributed by atoms with van der Waals surface area (Å²) >= 11 is 0. The number of rotatable bonds is 7. The molecule has 2 aliphatic rings. The summed E-state index contributed by atoms with van der Waals surface area (Å²) < 4.78 is 41.3. The standard InChI is InChI=1S/C25H30F2N2O4/c1-4-33-18-9-10-29(20(12-18)16-5-7-17(8-6-16)24(30)31)13-19-21(32-3)11-15(2)23-22(19)25(26,27)14-28-23/h5-8,11,18,20,28H,4,9-10,12-14H2,1-3H3,(H,30,31)/t18-,20-/m0/s1. The summed E-state index contributed by atoms with van der Waals surface area (Å²) in [4.78, 5) is 13.5. The van der Waals surface area contributed by atoms with Crippen LogP contribution >= 0.6 is 0 Å². The van der Waals surface area contributed by atoms with E-state index < -0.39 is 18.4 Å². The van der Waals surface area contributed by atoms with Crippen molar-refractivity contribution in [1.29, 1.82) is 0 Å². The van der Waals surface area contributed by atoms with Gasteiger partial charge in [-0.3, -0.25) is 4.90 Å². The molecule has 0 unspecified atom stereocenters. The molecule has 0 spiro atoms. The maximum atomic E-state index is 14.9. The molecule has 0 aliphatic carbocycles. The summed E-state index contributed by atoms with van der Waals surface area (Å²) in [5.41, 5.74) is 2.89. The number of halogens is 2. The summed E-state index contributed by atoms with van der Waals surface area (Å²) in [6, 6.07) is 8.50. The van der Waals surface area contributed by atoms with Crippen LogP contribution in [0.1, 0.15) is 58.4 Å². The second-order valence-electron chi connectivity index (χ2n) is 8.70. The zero-order valence-corrected chi connectivity index (χ0v) is 19.2. The summed E-state index contributed by atoms with van der Waals surface area (Å²) in [5.74, 6) is -3.50. The smallest absolute Gasteiger partial charge is 0.335 e. The van der Waals surface area contributed by atoms with Gasteiger partial charge in [0, 0.05) is 37.0 Å². The van der Waals surface area contributed by atoms with E-state index in [1.165, 1.54) is 7.11 Å². The number of hydrogen-bond acceptors (Lipinski definition) is 5. The molecule has 4 rings (SSSR count). The molecule has 6 nitrogen and oxygen atoms in total. The van der Waals surface area contributed by atoms with Gasteiger partial charge in [0.25, 0.3) is 5.92 Å². The Hall–Kier alpha value is -2.71. The highest BCUT2D eigenvalue weighted by Gasteiger charge is 2.44. The Morgan fingerprint density at radius 3 is 2.67 bits per heavy atom. The third kappa shape index (κ3) is 4.54. The van der Waals surface area contributed by atoms with Gasteiger partial charge in [0.05, 0.1) is 30.9 Å². The second kappa shape index (κ2) is 9.27. The molecule has 33 heavy (non-hydrogen) atoms. The molecule has 8 heteroatoms. The minimum absolute atomic E-state index is 0.0197. The molecule has 2 aromatic rings. The van der Waals surface area contributed by atoms with E-state index in [1.54, 1.807) is 19.1 Å². The van der Waals surface area contributed by atoms with Gasteiger partial charge >= 0.3 is 5.97 Å². The van der Waals surface area contributed by atoms with Gasteiger partial charge in [-0.2, -0.15) is 8.78 Å². The van der Waals surface area contributed by atoms with Crippen molar-refractivity contribution in [3.8, 4) is 5.75 Å². The Labute approximate surface area is 192 Å². The molecule has 2 aromatic carbocycles. The summed E-state index contributed by atoms with van der Waals surface area (Å²) in [7, 11) is 1.51. The number of nitrogens with one attached hydrogen (secondary N) is 1. The zero-order valence-electron chi connectivity index (χ0n) is 19.2. The SMILES string of the molecule is CCO[C@H]1CCN(Cc2c(OC)cc(C)c3c2C(F)(F)CN3)[C@H](c2ccc(C(=O)O)cc2)C1. The van der Waals surface area contributed by atoms with Crippen molar-refractivity contribution >= 4 is 11.7 Å². The monoisotopic (exact) mass is 460 g/mol. The fraction of sp³-hybridized carbons (Fsp3) is 0.480. The topological polar surface area (TPSA) is 71.0 Å². The second-order valence-corrected chi connectivity index (χ2v) is 8.70. The minimum Gasteiger partial charge on any atom is -0.496 e. The van der Waals surface area contributed by atoms with Gasteiger partial charge in [0.2, 0.25) is 0 Å². The number of likely N-dealkylation sites (tertiary alicyclic amines) is 1. The van der Waals surface area contributed by atoms with Crippen molar-refractivity contribution in [1.82, 2.24) is 4.90 Å². The highest BCUT2D eigenvalue weighted by atomic mass is 19.3. The normalized spacial score (nSPS) is 22.0. The first-order valence-electron chi connectivity index (χ1n) is 11.3. The van der Waals surface area contributed by atoms with E-state index >= 15 is 0 Å². The number of carboxylic acids is 1. The summed E-state index contributed by atoms with van der Waals surface area (Å²) in [6.07, 6.45) is 1.55. The number of aryl methyl sites for hydroxylation is 1. The Balaban J connectivity index is 1.71. The number of nitrogens with zero attached hydrogens (tertiary/aromatic N) is 1. The number of ether oxygens (including phenoxy) is 2. The van der Waals surface area contributed by atoms with Crippen LogP contribution in [-0.4, -0.2) is 48.9 Å². The molecule has 0 bridgehead atoms. The molecule has 0 aromatic heterocycles. The zero-order chi connectivity index (χ0) is 23.8. The average molecular weight is 461 g/mol.